The highest BCUT2D eigenvalue weighted by Gasteiger charge is 2.26. The number of rotatable bonds is 3. The first kappa shape index (κ1) is 12.0. The molecule has 0 bridgehead atoms. The van der Waals surface area contributed by atoms with Crippen LogP contribution in [0.3, 0.4) is 0 Å². The van der Waals surface area contributed by atoms with Crippen LogP contribution in [0.5, 0.6) is 0 Å². The minimum absolute atomic E-state index is 0.0254. The molecule has 0 radical (unpaired) electrons. The Morgan fingerprint density at radius 3 is 3.00 bits per heavy atom. The van der Waals surface area contributed by atoms with Crippen LogP contribution in [0.4, 0.5) is 0 Å². The molecule has 0 saturated carbocycles. The lowest BCUT2D eigenvalue weighted by atomic mass is 9.98. The van der Waals surface area contributed by atoms with Crippen LogP contribution < -0.4 is 11.1 Å². The lowest BCUT2D eigenvalue weighted by Gasteiger charge is -2.34. The van der Waals surface area contributed by atoms with Crippen molar-refractivity contribution in [2.24, 2.45) is 5.73 Å². The fourth-order valence-electron chi connectivity index (χ4n) is 2.18. The number of nitrogens with zero attached hydrogens (tertiary/aromatic N) is 1. The summed E-state index contributed by atoms with van der Waals surface area (Å²) in [4.78, 5) is 16.7. The quantitative estimate of drug-likeness (QED) is 0.790. The van der Waals surface area contributed by atoms with E-state index in [4.69, 9.17) is 10.6 Å². The Labute approximate surface area is 100 Å². The van der Waals surface area contributed by atoms with Gasteiger partial charge >= 0.3 is 0 Å². The maximum absolute atomic E-state index is 11.4. The average Bonchev–Trinajstić information content (AvgIpc) is 2.38. The van der Waals surface area contributed by atoms with Crippen molar-refractivity contribution in [3.63, 3.8) is 0 Å². The zero-order chi connectivity index (χ0) is 12.3. The van der Waals surface area contributed by atoms with Gasteiger partial charge in [0.2, 0.25) is 5.91 Å². The van der Waals surface area contributed by atoms with Gasteiger partial charge in [-0.2, -0.15) is 5.06 Å². The molecule has 5 nitrogen and oxygen atoms in total. The third kappa shape index (κ3) is 2.46. The van der Waals surface area contributed by atoms with E-state index in [0.717, 1.165) is 25.2 Å². The Balaban J connectivity index is 2.34. The van der Waals surface area contributed by atoms with Crippen molar-refractivity contribution in [3.8, 4) is 0 Å². The third-order valence-corrected chi connectivity index (χ3v) is 3.01. The van der Waals surface area contributed by atoms with E-state index in [2.05, 4.69) is 5.32 Å². The van der Waals surface area contributed by atoms with Gasteiger partial charge in [0, 0.05) is 25.2 Å². The van der Waals surface area contributed by atoms with Crippen LogP contribution in [0.25, 0.3) is 0 Å². The average molecular weight is 235 g/mol. The molecule has 1 unspecified atom stereocenters. The minimum Gasteiger partial charge on any atom is -0.366 e. The van der Waals surface area contributed by atoms with Crippen LogP contribution in [0.15, 0.2) is 24.3 Å². The first-order valence-electron chi connectivity index (χ1n) is 5.64. The molecule has 1 fully saturated rings. The highest BCUT2D eigenvalue weighted by molar-refractivity contribution is 5.94. The van der Waals surface area contributed by atoms with Gasteiger partial charge in [0.25, 0.3) is 0 Å². The molecule has 5 heteroatoms. The van der Waals surface area contributed by atoms with Gasteiger partial charge in [0.05, 0.1) is 13.2 Å². The Bertz CT molecular complexity index is 408. The van der Waals surface area contributed by atoms with Gasteiger partial charge in [-0.15, -0.1) is 0 Å². The van der Waals surface area contributed by atoms with E-state index in [1.165, 1.54) is 0 Å². The summed E-state index contributed by atoms with van der Waals surface area (Å²) in [5, 5.41) is 5.16. The predicted molar refractivity (Wildman–Crippen MR) is 64.3 cm³/mol. The molecule has 1 aromatic rings. The minimum atomic E-state index is -0.401. The molecule has 1 aliphatic rings. The molecule has 1 aliphatic heterocycles. The standard InChI is InChI=1S/C12H17N3O2/c1-17-15-7-6-14-8-11(15)9-4-2-3-5-10(9)12(13)16/h2-5,11,14H,6-8H2,1H3,(H2,13,16). The van der Waals surface area contributed by atoms with E-state index in [0.29, 0.717) is 5.56 Å². The number of carbonyl (C=O) groups excluding carboxylic acids is 1. The summed E-state index contributed by atoms with van der Waals surface area (Å²) < 4.78 is 0. The molecule has 3 N–H and O–H groups in total. The van der Waals surface area contributed by atoms with Gasteiger partial charge in [-0.1, -0.05) is 18.2 Å². The zero-order valence-corrected chi connectivity index (χ0v) is 9.85. The third-order valence-electron chi connectivity index (χ3n) is 3.01. The van der Waals surface area contributed by atoms with Gasteiger partial charge in [-0.25, -0.2) is 0 Å². The highest BCUT2D eigenvalue weighted by Crippen LogP contribution is 2.25. The van der Waals surface area contributed by atoms with Crippen molar-refractivity contribution in [1.82, 2.24) is 10.4 Å². The normalized spacial score (nSPS) is 21.4. The maximum Gasteiger partial charge on any atom is 0.249 e. The fourth-order valence-corrected chi connectivity index (χ4v) is 2.18. The van der Waals surface area contributed by atoms with Crippen LogP contribution in [0, 0.1) is 0 Å². The number of hydrogen-bond donors (Lipinski definition) is 2. The number of amides is 1. The maximum atomic E-state index is 11.4. The molecule has 1 atom stereocenters. The van der Waals surface area contributed by atoms with E-state index in [9.17, 15) is 4.79 Å². The van der Waals surface area contributed by atoms with Crippen LogP contribution in [0.2, 0.25) is 0 Å². The summed E-state index contributed by atoms with van der Waals surface area (Å²) in [6, 6.07) is 7.42. The molecule has 1 heterocycles. The Hall–Kier alpha value is -1.43. The molecule has 1 aromatic carbocycles. The lowest BCUT2D eigenvalue weighted by Crippen LogP contribution is -2.45. The molecule has 17 heavy (non-hydrogen) atoms. The second-order valence-electron chi connectivity index (χ2n) is 3.99. The molecular formula is C12H17N3O2. The first-order chi connectivity index (χ1) is 8.24. The van der Waals surface area contributed by atoms with Gasteiger partial charge in [0.1, 0.15) is 0 Å². The van der Waals surface area contributed by atoms with Gasteiger partial charge in [-0.05, 0) is 11.6 Å². The second-order valence-corrected chi connectivity index (χ2v) is 3.99. The van der Waals surface area contributed by atoms with Crippen molar-refractivity contribution < 1.29 is 9.63 Å². The molecule has 0 spiro atoms. The van der Waals surface area contributed by atoms with Gasteiger partial charge in [0.15, 0.2) is 0 Å². The molecule has 0 aromatic heterocycles. The first-order valence-corrected chi connectivity index (χ1v) is 5.64. The van der Waals surface area contributed by atoms with Gasteiger partial charge < -0.3 is 15.9 Å². The summed E-state index contributed by atoms with van der Waals surface area (Å²) in [5.74, 6) is -0.401. The Morgan fingerprint density at radius 1 is 1.53 bits per heavy atom. The number of primary amides is 1. The summed E-state index contributed by atoms with van der Waals surface area (Å²) in [6.45, 7) is 2.41. The van der Waals surface area contributed by atoms with Gasteiger partial charge in [-0.3, -0.25) is 4.79 Å². The largest absolute Gasteiger partial charge is 0.366 e. The molecule has 1 saturated heterocycles. The van der Waals surface area contributed by atoms with E-state index in [1.807, 2.05) is 23.3 Å². The van der Waals surface area contributed by atoms with Crippen molar-refractivity contribution in [3.05, 3.63) is 35.4 Å². The number of carbonyl (C=O) groups is 1. The Kier molecular flexibility index (Phi) is 3.73. The second kappa shape index (κ2) is 5.27. The zero-order valence-electron chi connectivity index (χ0n) is 9.85. The molecule has 1 amide bonds. The fraction of sp³-hybridized carbons (Fsp3) is 0.417. The van der Waals surface area contributed by atoms with Crippen LogP contribution in [-0.2, 0) is 4.84 Å². The SMILES string of the molecule is CON1CCNCC1c1ccccc1C(N)=O. The van der Waals surface area contributed by atoms with E-state index in [1.54, 1.807) is 13.2 Å². The monoisotopic (exact) mass is 235 g/mol. The molecule has 0 aliphatic carbocycles. The van der Waals surface area contributed by atoms with E-state index >= 15 is 0 Å². The number of benzene rings is 1. The van der Waals surface area contributed by atoms with Crippen molar-refractivity contribution >= 4 is 5.91 Å². The number of nitrogens with one attached hydrogen (secondary N) is 1. The van der Waals surface area contributed by atoms with Crippen molar-refractivity contribution in [2.45, 2.75) is 6.04 Å². The predicted octanol–water partition coefficient (Wildman–Crippen LogP) is 0.293. The smallest absolute Gasteiger partial charge is 0.249 e. The summed E-state index contributed by atoms with van der Waals surface area (Å²) in [6.07, 6.45) is 0. The molecule has 2 rings (SSSR count). The summed E-state index contributed by atoms with van der Waals surface area (Å²) in [7, 11) is 1.64. The lowest BCUT2D eigenvalue weighted by molar-refractivity contribution is -0.171. The van der Waals surface area contributed by atoms with E-state index in [-0.39, 0.29) is 6.04 Å². The summed E-state index contributed by atoms with van der Waals surface area (Å²) >= 11 is 0. The highest BCUT2D eigenvalue weighted by atomic mass is 16.7. The topological polar surface area (TPSA) is 67.6 Å². The van der Waals surface area contributed by atoms with Crippen molar-refractivity contribution in [1.29, 1.82) is 0 Å². The number of hydrogen-bond acceptors (Lipinski definition) is 4. The summed E-state index contributed by atoms with van der Waals surface area (Å²) in [5.41, 5.74) is 6.86. The number of nitrogens with two attached hydrogens (primary N) is 1. The molecule has 92 valence electrons. The molecular weight excluding hydrogens is 218 g/mol. The number of hydroxylamine groups is 2. The Morgan fingerprint density at radius 2 is 2.29 bits per heavy atom. The number of piperazine rings is 1. The van der Waals surface area contributed by atoms with E-state index < -0.39 is 5.91 Å². The van der Waals surface area contributed by atoms with Crippen LogP contribution in [0.1, 0.15) is 22.0 Å². The van der Waals surface area contributed by atoms with Crippen LogP contribution in [-0.4, -0.2) is 37.7 Å². The van der Waals surface area contributed by atoms with Crippen molar-refractivity contribution in [2.75, 3.05) is 26.7 Å². The van der Waals surface area contributed by atoms with Crippen LogP contribution >= 0.6 is 0 Å².